The molecule has 0 aromatic carbocycles. The minimum Gasteiger partial charge on any atom is -0.481 e. The molecule has 0 radical (unpaired) electrons. The molecule has 0 aromatic rings. The molecule has 4 aliphatic rings. The first-order valence-electron chi connectivity index (χ1n) is 11.6. The monoisotopic (exact) mass is 466 g/mol. The predicted molar refractivity (Wildman–Crippen MR) is 121 cm³/mol. The zero-order chi connectivity index (χ0) is 25.2. The van der Waals surface area contributed by atoms with E-state index in [-0.39, 0.29) is 35.6 Å². The zero-order valence-electron chi connectivity index (χ0n) is 20.0. The summed E-state index contributed by atoms with van der Waals surface area (Å²) in [6.07, 6.45) is 7.68. The van der Waals surface area contributed by atoms with Crippen LogP contribution in [0, 0.1) is 28.6 Å². The van der Waals surface area contributed by atoms with E-state index >= 15 is 0 Å². The maximum absolute atomic E-state index is 12.4. The van der Waals surface area contributed by atoms with E-state index in [0.29, 0.717) is 12.8 Å². The van der Waals surface area contributed by atoms with Crippen molar-refractivity contribution >= 4 is 17.5 Å². The number of carbonyl (C=O) groups excluding carboxylic acids is 2. The van der Waals surface area contributed by atoms with Gasteiger partial charge in [-0.05, 0) is 63.0 Å². The molecule has 3 fully saturated rings. The summed E-state index contributed by atoms with van der Waals surface area (Å²) in [5.74, 6) is -1.06. The molecule has 0 aromatic heterocycles. The molecule has 186 valence electrons. The Hall–Kier alpha value is -1.87. The summed E-state index contributed by atoms with van der Waals surface area (Å²) in [6.45, 7) is 6.36. The highest BCUT2D eigenvalue weighted by Crippen LogP contribution is 2.67. The fourth-order valence-electron chi connectivity index (χ4n) is 6.92. The first kappa shape index (κ1) is 27.4. The number of carboxylic acid groups (broad SMARTS) is 1. The number of aliphatic hydroxyl groups is 4. The molecule has 7 atom stereocenters. The number of hydrogen-bond donors (Lipinski definition) is 5. The number of carboxylic acids is 1. The Labute approximate surface area is 195 Å². The van der Waals surface area contributed by atoms with Gasteiger partial charge in [0.05, 0.1) is 6.10 Å². The Bertz CT molecular complexity index is 828. The lowest BCUT2D eigenvalue weighted by Crippen LogP contribution is -2.61. The molecule has 3 saturated carbocycles. The van der Waals surface area contributed by atoms with E-state index < -0.39 is 35.5 Å². The summed E-state index contributed by atoms with van der Waals surface area (Å²) in [5, 5.41) is 46.7. The quantitative estimate of drug-likeness (QED) is 0.412. The highest BCUT2D eigenvalue weighted by molar-refractivity contribution is 6.01. The lowest BCUT2D eigenvalue weighted by molar-refractivity contribution is -0.178. The van der Waals surface area contributed by atoms with Crippen molar-refractivity contribution in [3.8, 4) is 0 Å². The fraction of sp³-hybridized carbons (Fsp3) is 0.720. The normalized spacial score (nSPS) is 40.6. The lowest BCUT2D eigenvalue weighted by atomic mass is 9.46. The second kappa shape index (κ2) is 10.2. The number of carbonyl (C=O) groups is 3. The Kier molecular flexibility index (Phi) is 8.44. The van der Waals surface area contributed by atoms with Gasteiger partial charge in [-0.3, -0.25) is 14.4 Å². The molecule has 0 spiro atoms. The second-order valence-corrected chi connectivity index (χ2v) is 10.0. The predicted octanol–water partition coefficient (Wildman–Crippen LogP) is 1.65. The number of aliphatic carboxylic acids is 1. The van der Waals surface area contributed by atoms with Gasteiger partial charge >= 0.3 is 0 Å². The van der Waals surface area contributed by atoms with Crippen LogP contribution < -0.4 is 0 Å². The Morgan fingerprint density at radius 2 is 1.76 bits per heavy atom. The van der Waals surface area contributed by atoms with E-state index in [1.807, 2.05) is 13.0 Å². The molecule has 33 heavy (non-hydrogen) atoms. The van der Waals surface area contributed by atoms with E-state index in [9.17, 15) is 24.9 Å². The number of allylic oxidation sites excluding steroid dienone is 4. The average molecular weight is 467 g/mol. The van der Waals surface area contributed by atoms with Gasteiger partial charge in [0.2, 0.25) is 0 Å². The molecule has 8 heteroatoms. The smallest absolute Gasteiger partial charge is 0.300 e. The van der Waals surface area contributed by atoms with Crippen molar-refractivity contribution in [1.82, 2.24) is 0 Å². The van der Waals surface area contributed by atoms with Crippen LogP contribution in [0.1, 0.15) is 59.8 Å². The van der Waals surface area contributed by atoms with Crippen LogP contribution in [0.25, 0.3) is 0 Å². The van der Waals surface area contributed by atoms with E-state index in [2.05, 4.69) is 6.92 Å². The van der Waals surface area contributed by atoms with Crippen LogP contribution in [0.15, 0.2) is 23.8 Å². The molecule has 0 heterocycles. The molecule has 8 nitrogen and oxygen atoms in total. The first-order valence-corrected chi connectivity index (χ1v) is 11.6. The van der Waals surface area contributed by atoms with Gasteiger partial charge in [0.15, 0.2) is 11.6 Å². The van der Waals surface area contributed by atoms with Crippen molar-refractivity contribution < 1.29 is 39.9 Å². The minimum atomic E-state index is -1.56. The zero-order valence-corrected chi connectivity index (χ0v) is 20.0. The molecular formula is C25H38O8. The van der Waals surface area contributed by atoms with Crippen LogP contribution in [-0.4, -0.2) is 68.0 Å². The number of fused-ring (bicyclic) bond motifs is 5. The van der Waals surface area contributed by atoms with Crippen molar-refractivity contribution in [2.75, 3.05) is 13.2 Å². The molecule has 0 bridgehead atoms. The third-order valence-corrected chi connectivity index (χ3v) is 8.25. The van der Waals surface area contributed by atoms with Gasteiger partial charge in [-0.25, -0.2) is 0 Å². The van der Waals surface area contributed by atoms with E-state index in [0.717, 1.165) is 31.8 Å². The number of rotatable bonds is 2. The topological polar surface area (TPSA) is 152 Å². The average Bonchev–Trinajstić information content (AvgIpc) is 2.99. The van der Waals surface area contributed by atoms with Crippen LogP contribution in [0.2, 0.25) is 0 Å². The molecule has 4 rings (SSSR count). The van der Waals surface area contributed by atoms with E-state index in [4.69, 9.17) is 15.0 Å². The molecule has 5 N–H and O–H groups in total. The molecule has 0 saturated heterocycles. The molecule has 0 amide bonds. The second-order valence-electron chi connectivity index (χ2n) is 10.0. The largest absolute Gasteiger partial charge is 0.481 e. The van der Waals surface area contributed by atoms with Gasteiger partial charge in [0.1, 0.15) is 12.2 Å². The molecular weight excluding hydrogens is 428 g/mol. The Morgan fingerprint density at radius 1 is 1.18 bits per heavy atom. The van der Waals surface area contributed by atoms with Crippen LogP contribution in [0.3, 0.4) is 0 Å². The summed E-state index contributed by atoms with van der Waals surface area (Å²) >= 11 is 0. The number of ketones is 2. The SMILES string of the molecule is CC(=O)O.CCO.C[C@]12C=CC(=O)C=C1CC[C@@H]1[C@@H]2[C@@H](O)C[C@@]2(C)[C@H]1CC[C@]2(O)C(=O)CO. The molecule has 0 unspecified atom stereocenters. The van der Waals surface area contributed by atoms with Crippen molar-refractivity contribution in [1.29, 1.82) is 0 Å². The van der Waals surface area contributed by atoms with Crippen molar-refractivity contribution in [3.63, 3.8) is 0 Å². The maximum atomic E-state index is 12.4. The van der Waals surface area contributed by atoms with Crippen LogP contribution in [-0.2, 0) is 14.4 Å². The van der Waals surface area contributed by atoms with Gasteiger partial charge in [0.25, 0.3) is 5.97 Å². The fourth-order valence-corrected chi connectivity index (χ4v) is 6.92. The number of aliphatic hydroxyl groups excluding tert-OH is 3. The number of hydrogen-bond acceptors (Lipinski definition) is 7. The maximum Gasteiger partial charge on any atom is 0.300 e. The van der Waals surface area contributed by atoms with Crippen LogP contribution in [0.5, 0.6) is 0 Å². The molecule has 4 aliphatic carbocycles. The summed E-state index contributed by atoms with van der Waals surface area (Å²) in [5.41, 5.74) is -1.54. The summed E-state index contributed by atoms with van der Waals surface area (Å²) < 4.78 is 0. The summed E-state index contributed by atoms with van der Waals surface area (Å²) in [7, 11) is 0. The number of Topliss-reactive ketones (excluding diaryl/α,β-unsaturated/α-hetero) is 1. The Balaban J connectivity index is 0.000000489. The van der Waals surface area contributed by atoms with Gasteiger partial charge in [-0.15, -0.1) is 0 Å². The standard InChI is InChI=1S/C21H28O5.C2H4O2.C2H6O/c1-19-7-5-13(23)9-12(19)3-4-14-15-6-8-21(26,17(25)11-22)20(15,2)10-16(24)18(14)19;1-2(3)4;1-2-3/h5,7,9,14-16,18,22,24,26H,3-4,6,8,10-11H2,1-2H3;1H3,(H,3,4);3H,2H2,1H3/t14-,15-,16-,18+,19-,20-,21-;;/m0../s1. The van der Waals surface area contributed by atoms with Crippen LogP contribution >= 0.6 is 0 Å². The highest BCUT2D eigenvalue weighted by Gasteiger charge is 2.67. The summed E-state index contributed by atoms with van der Waals surface area (Å²) in [4.78, 5) is 33.2. The van der Waals surface area contributed by atoms with Gasteiger partial charge in [-0.1, -0.05) is 25.5 Å². The Morgan fingerprint density at radius 3 is 2.30 bits per heavy atom. The van der Waals surface area contributed by atoms with E-state index in [1.54, 1.807) is 19.1 Å². The van der Waals surface area contributed by atoms with Crippen molar-refractivity contribution in [3.05, 3.63) is 23.8 Å². The van der Waals surface area contributed by atoms with E-state index in [1.165, 1.54) is 0 Å². The van der Waals surface area contributed by atoms with Gasteiger partial charge in [-0.2, -0.15) is 0 Å². The van der Waals surface area contributed by atoms with Gasteiger partial charge in [0, 0.05) is 30.3 Å². The van der Waals surface area contributed by atoms with Crippen molar-refractivity contribution in [2.24, 2.45) is 28.6 Å². The minimum absolute atomic E-state index is 0.00912. The summed E-state index contributed by atoms with van der Waals surface area (Å²) in [6, 6.07) is 0. The first-order chi connectivity index (χ1) is 15.3. The van der Waals surface area contributed by atoms with Gasteiger partial charge < -0.3 is 25.5 Å². The van der Waals surface area contributed by atoms with Crippen molar-refractivity contribution in [2.45, 2.75) is 71.5 Å². The third-order valence-electron chi connectivity index (χ3n) is 8.25. The van der Waals surface area contributed by atoms with Crippen LogP contribution in [0.4, 0.5) is 0 Å². The lowest BCUT2D eigenvalue weighted by Gasteiger charge is -2.59. The third kappa shape index (κ3) is 4.71. The highest BCUT2D eigenvalue weighted by atomic mass is 16.4. The molecule has 0 aliphatic heterocycles.